The first-order valence-corrected chi connectivity index (χ1v) is 9.35. The molecule has 1 N–H and O–H groups in total. The summed E-state index contributed by atoms with van der Waals surface area (Å²) < 4.78 is 0. The molecule has 0 aromatic heterocycles. The van der Waals surface area contributed by atoms with E-state index in [2.05, 4.69) is 80.9 Å². The molecule has 1 aliphatic carbocycles. The molecule has 22 heavy (non-hydrogen) atoms. The summed E-state index contributed by atoms with van der Waals surface area (Å²) in [6.07, 6.45) is 3.86. The molecule has 1 rings (SSSR count). The maximum atomic E-state index is 4.11. The lowest BCUT2D eigenvalue weighted by atomic mass is 9.49. The van der Waals surface area contributed by atoms with Gasteiger partial charge in [0.1, 0.15) is 6.72 Å². The molecule has 130 valence electrons. The van der Waals surface area contributed by atoms with Gasteiger partial charge in [0.2, 0.25) is 0 Å². The lowest BCUT2D eigenvalue weighted by Crippen LogP contribution is -2.79. The van der Waals surface area contributed by atoms with Crippen molar-refractivity contribution < 1.29 is 4.99 Å². The van der Waals surface area contributed by atoms with E-state index in [-0.39, 0.29) is 16.2 Å². The van der Waals surface area contributed by atoms with Crippen molar-refractivity contribution in [3.63, 3.8) is 0 Å². The summed E-state index contributed by atoms with van der Waals surface area (Å²) in [5, 5.41) is 0. The molecule has 1 heteroatoms. The van der Waals surface area contributed by atoms with Gasteiger partial charge in [-0.2, -0.15) is 0 Å². The van der Waals surface area contributed by atoms with Crippen LogP contribution >= 0.6 is 0 Å². The minimum atomic E-state index is 0.265. The molecule has 5 unspecified atom stereocenters. The Kier molecular flexibility index (Phi) is 5.33. The lowest BCUT2D eigenvalue weighted by Gasteiger charge is -2.55. The summed E-state index contributed by atoms with van der Waals surface area (Å²) in [6, 6.07) is 0.525. The van der Waals surface area contributed by atoms with Crippen LogP contribution < -0.4 is 4.99 Å². The number of rotatable bonds is 7. The Morgan fingerprint density at radius 3 is 1.91 bits per heavy atom. The van der Waals surface area contributed by atoms with Gasteiger partial charge in [-0.1, -0.05) is 75.7 Å². The van der Waals surface area contributed by atoms with Gasteiger partial charge in [0, 0.05) is 11.8 Å². The molecular formula is C21H42N+. The van der Waals surface area contributed by atoms with Gasteiger partial charge in [0.05, 0.1) is 0 Å². The van der Waals surface area contributed by atoms with Gasteiger partial charge in [-0.05, 0) is 34.5 Å². The zero-order valence-electron chi connectivity index (χ0n) is 17.1. The summed E-state index contributed by atoms with van der Waals surface area (Å²) in [5.41, 5.74) is 1.37. The van der Waals surface area contributed by atoms with Gasteiger partial charge in [0.15, 0.2) is 6.04 Å². The number of hydrogen-bond donors (Lipinski definition) is 1. The molecule has 0 amide bonds. The standard InChI is InChI=1S/C21H41N/c1-12-20(9)14-16(20)17(22-11)15(3)21(10,13-2)19(7,8)18(4,5)6/h15-17H,11-14H2,1-10H3/p+1. The van der Waals surface area contributed by atoms with Crippen LogP contribution in [0, 0.1) is 33.5 Å². The van der Waals surface area contributed by atoms with Crippen molar-refractivity contribution >= 4 is 6.72 Å². The SMILES string of the molecule is C=[NH+]C(C1CC1(C)CC)C(C)C(C)(CC)C(C)(C)C(C)(C)C. The van der Waals surface area contributed by atoms with Crippen molar-refractivity contribution in [2.75, 3.05) is 0 Å². The molecule has 0 aromatic carbocycles. The van der Waals surface area contributed by atoms with Crippen molar-refractivity contribution in [3.8, 4) is 0 Å². The molecule has 0 saturated heterocycles. The molecule has 1 nitrogen and oxygen atoms in total. The van der Waals surface area contributed by atoms with Crippen molar-refractivity contribution in [2.45, 2.75) is 94.5 Å². The van der Waals surface area contributed by atoms with Crippen LogP contribution in [0.5, 0.6) is 0 Å². The second-order valence-electron chi connectivity index (χ2n) is 9.98. The second-order valence-corrected chi connectivity index (χ2v) is 9.98. The minimum Gasteiger partial charge on any atom is -0.251 e. The summed E-state index contributed by atoms with van der Waals surface area (Å²) in [7, 11) is 0. The molecule has 1 saturated carbocycles. The van der Waals surface area contributed by atoms with Crippen molar-refractivity contribution in [2.24, 2.45) is 33.5 Å². The highest BCUT2D eigenvalue weighted by Gasteiger charge is 2.61. The fraction of sp³-hybridized carbons (Fsp3) is 0.952. The molecule has 0 aromatic rings. The predicted molar refractivity (Wildman–Crippen MR) is 99.2 cm³/mol. The van der Waals surface area contributed by atoms with E-state index in [4.69, 9.17) is 0 Å². The van der Waals surface area contributed by atoms with Crippen LogP contribution in [0.2, 0.25) is 0 Å². The van der Waals surface area contributed by atoms with E-state index in [0.29, 0.717) is 17.4 Å². The van der Waals surface area contributed by atoms with E-state index in [1.165, 1.54) is 19.3 Å². The first kappa shape index (κ1) is 19.7. The van der Waals surface area contributed by atoms with E-state index >= 15 is 0 Å². The van der Waals surface area contributed by atoms with Crippen LogP contribution in [0.25, 0.3) is 0 Å². The molecule has 0 aliphatic heterocycles. The summed E-state index contributed by atoms with van der Waals surface area (Å²) >= 11 is 0. The van der Waals surface area contributed by atoms with Crippen LogP contribution in [-0.4, -0.2) is 12.8 Å². The van der Waals surface area contributed by atoms with Gasteiger partial charge in [-0.3, -0.25) is 4.99 Å². The number of hydrogen-bond acceptors (Lipinski definition) is 0. The van der Waals surface area contributed by atoms with Crippen LogP contribution in [0.3, 0.4) is 0 Å². The first-order chi connectivity index (χ1) is 9.82. The van der Waals surface area contributed by atoms with Crippen LogP contribution in [0.15, 0.2) is 0 Å². The fourth-order valence-corrected chi connectivity index (χ4v) is 4.66. The van der Waals surface area contributed by atoms with Gasteiger partial charge >= 0.3 is 0 Å². The van der Waals surface area contributed by atoms with Crippen molar-refractivity contribution in [1.82, 2.24) is 0 Å². The van der Waals surface area contributed by atoms with Crippen molar-refractivity contribution in [3.05, 3.63) is 0 Å². The molecule has 5 atom stereocenters. The predicted octanol–water partition coefficient (Wildman–Crippen LogP) is 4.70. The molecule has 0 bridgehead atoms. The quantitative estimate of drug-likeness (QED) is 0.656. The Bertz CT molecular complexity index is 403. The maximum absolute atomic E-state index is 4.11. The molecule has 0 heterocycles. The second kappa shape index (κ2) is 5.95. The van der Waals surface area contributed by atoms with Crippen LogP contribution in [-0.2, 0) is 0 Å². The van der Waals surface area contributed by atoms with E-state index in [1.807, 2.05) is 0 Å². The Balaban J connectivity index is 3.15. The minimum absolute atomic E-state index is 0.265. The average molecular weight is 309 g/mol. The fourth-order valence-electron chi connectivity index (χ4n) is 4.66. The van der Waals surface area contributed by atoms with E-state index in [9.17, 15) is 0 Å². The zero-order chi connectivity index (χ0) is 17.6. The number of nitrogens with one attached hydrogen (secondary N) is 1. The average Bonchev–Trinajstić information content (AvgIpc) is 3.09. The summed E-state index contributed by atoms with van der Waals surface area (Å²) in [5.74, 6) is 1.40. The summed E-state index contributed by atoms with van der Waals surface area (Å²) in [4.78, 5) is 3.47. The van der Waals surface area contributed by atoms with E-state index < -0.39 is 0 Å². The molecule has 0 spiro atoms. The first-order valence-electron chi connectivity index (χ1n) is 9.35. The normalized spacial score (nSPS) is 31.3. The maximum Gasteiger partial charge on any atom is 0.156 e. The molecular weight excluding hydrogens is 266 g/mol. The Hall–Kier alpha value is -0.330. The van der Waals surface area contributed by atoms with Gasteiger partial charge in [-0.15, -0.1) is 0 Å². The highest BCUT2D eigenvalue weighted by atomic mass is 14.8. The monoisotopic (exact) mass is 308 g/mol. The van der Waals surface area contributed by atoms with E-state index in [1.54, 1.807) is 0 Å². The van der Waals surface area contributed by atoms with E-state index in [0.717, 1.165) is 5.92 Å². The van der Waals surface area contributed by atoms with Crippen molar-refractivity contribution in [1.29, 1.82) is 0 Å². The molecule has 1 fully saturated rings. The van der Waals surface area contributed by atoms with Gasteiger partial charge in [0.25, 0.3) is 0 Å². The largest absolute Gasteiger partial charge is 0.251 e. The third-order valence-electron chi connectivity index (χ3n) is 8.48. The Morgan fingerprint density at radius 2 is 1.64 bits per heavy atom. The Morgan fingerprint density at radius 1 is 1.14 bits per heavy atom. The van der Waals surface area contributed by atoms with Crippen LogP contribution in [0.4, 0.5) is 0 Å². The third-order valence-corrected chi connectivity index (χ3v) is 8.48. The molecule has 1 aliphatic rings. The summed E-state index contributed by atoms with van der Waals surface area (Å²) in [6.45, 7) is 28.4. The smallest absolute Gasteiger partial charge is 0.156 e. The molecule has 0 radical (unpaired) electrons. The highest BCUT2D eigenvalue weighted by molar-refractivity contribution is 5.14. The van der Waals surface area contributed by atoms with Crippen LogP contribution in [0.1, 0.15) is 88.5 Å². The Labute approximate surface area is 140 Å². The third kappa shape index (κ3) is 2.89. The highest BCUT2D eigenvalue weighted by Crippen LogP contribution is 2.62. The zero-order valence-corrected chi connectivity index (χ0v) is 17.1. The lowest BCUT2D eigenvalue weighted by molar-refractivity contribution is -0.518. The van der Waals surface area contributed by atoms with Gasteiger partial charge < -0.3 is 0 Å². The van der Waals surface area contributed by atoms with Gasteiger partial charge in [-0.25, -0.2) is 0 Å². The topological polar surface area (TPSA) is 14.0 Å².